The van der Waals surface area contributed by atoms with Crippen LogP contribution in [0, 0.1) is 0 Å². The fraction of sp³-hybridized carbons (Fsp3) is 0.250. The number of amides is 2. The zero-order valence-corrected chi connectivity index (χ0v) is 18.9. The Kier molecular flexibility index (Phi) is 7.77. The molecule has 0 bridgehead atoms. The van der Waals surface area contributed by atoms with Crippen LogP contribution >= 0.6 is 23.2 Å². The van der Waals surface area contributed by atoms with Gasteiger partial charge in [-0.2, -0.15) is 0 Å². The molecular formula is C24H24Cl2N2O3. The van der Waals surface area contributed by atoms with Crippen molar-refractivity contribution < 1.29 is 14.0 Å². The molecule has 0 aliphatic heterocycles. The van der Waals surface area contributed by atoms with Gasteiger partial charge in [0.15, 0.2) is 0 Å². The van der Waals surface area contributed by atoms with Crippen LogP contribution in [0.15, 0.2) is 71.3 Å². The molecule has 0 saturated heterocycles. The Morgan fingerprint density at radius 1 is 0.935 bits per heavy atom. The summed E-state index contributed by atoms with van der Waals surface area (Å²) >= 11 is 12.1. The lowest BCUT2D eigenvalue weighted by Crippen LogP contribution is -2.45. The fourth-order valence-corrected chi connectivity index (χ4v) is 3.45. The number of nitrogens with zero attached hydrogens (tertiary/aromatic N) is 2. The molecule has 0 spiro atoms. The maximum atomic E-state index is 13.3. The molecule has 5 nitrogen and oxygen atoms in total. The van der Waals surface area contributed by atoms with Crippen molar-refractivity contribution in [3.8, 4) is 0 Å². The average molecular weight is 459 g/mol. The SMILES string of the molecule is CC(C)N(CC(=O)N(Cc1ccccc1)Cc1ccco1)C(=O)c1ccc(Cl)c(Cl)c1. The lowest BCUT2D eigenvalue weighted by molar-refractivity contribution is -0.133. The van der Waals surface area contributed by atoms with Gasteiger partial charge in [-0.3, -0.25) is 9.59 Å². The third-order valence-electron chi connectivity index (χ3n) is 4.85. The molecule has 1 heterocycles. The van der Waals surface area contributed by atoms with E-state index in [0.717, 1.165) is 5.56 Å². The largest absolute Gasteiger partial charge is 0.467 e. The Labute approximate surface area is 192 Å². The van der Waals surface area contributed by atoms with E-state index < -0.39 is 0 Å². The lowest BCUT2D eigenvalue weighted by atomic mass is 10.1. The van der Waals surface area contributed by atoms with Crippen molar-refractivity contribution in [2.75, 3.05) is 6.54 Å². The maximum absolute atomic E-state index is 13.3. The summed E-state index contributed by atoms with van der Waals surface area (Å²) in [5, 5.41) is 0.670. The van der Waals surface area contributed by atoms with E-state index in [1.807, 2.05) is 50.2 Å². The minimum atomic E-state index is -0.278. The van der Waals surface area contributed by atoms with E-state index >= 15 is 0 Å². The van der Waals surface area contributed by atoms with Crippen LogP contribution in [0.25, 0.3) is 0 Å². The number of benzene rings is 2. The molecule has 1 aromatic heterocycles. The topological polar surface area (TPSA) is 53.8 Å². The van der Waals surface area contributed by atoms with Crippen molar-refractivity contribution in [3.63, 3.8) is 0 Å². The average Bonchev–Trinajstić information content (AvgIpc) is 3.26. The third kappa shape index (κ3) is 6.12. The molecule has 0 unspecified atom stereocenters. The van der Waals surface area contributed by atoms with Gasteiger partial charge in [0.2, 0.25) is 5.91 Å². The van der Waals surface area contributed by atoms with Crippen molar-refractivity contribution in [2.45, 2.75) is 33.0 Å². The highest BCUT2D eigenvalue weighted by Crippen LogP contribution is 2.24. The first-order valence-corrected chi connectivity index (χ1v) is 10.7. The molecule has 0 atom stereocenters. The lowest BCUT2D eigenvalue weighted by Gasteiger charge is -2.30. The highest BCUT2D eigenvalue weighted by atomic mass is 35.5. The van der Waals surface area contributed by atoms with E-state index in [1.165, 1.54) is 11.0 Å². The normalized spacial score (nSPS) is 10.9. The van der Waals surface area contributed by atoms with Crippen LogP contribution in [-0.2, 0) is 17.9 Å². The van der Waals surface area contributed by atoms with Crippen LogP contribution < -0.4 is 0 Å². The van der Waals surface area contributed by atoms with Gasteiger partial charge in [0.25, 0.3) is 5.91 Å². The summed E-state index contributed by atoms with van der Waals surface area (Å²) < 4.78 is 5.44. The number of hydrogen-bond donors (Lipinski definition) is 0. The van der Waals surface area contributed by atoms with Gasteiger partial charge in [-0.05, 0) is 49.7 Å². The Balaban J connectivity index is 1.80. The second-order valence-electron chi connectivity index (χ2n) is 7.47. The molecule has 0 N–H and O–H groups in total. The fourth-order valence-electron chi connectivity index (χ4n) is 3.16. The second-order valence-corrected chi connectivity index (χ2v) is 8.28. The Morgan fingerprint density at radius 2 is 1.68 bits per heavy atom. The van der Waals surface area contributed by atoms with Crippen LogP contribution in [0.2, 0.25) is 10.0 Å². The molecule has 162 valence electrons. The number of carbonyl (C=O) groups excluding carboxylic acids is 2. The Bertz CT molecular complexity index is 1020. The Hall–Kier alpha value is -2.76. The quantitative estimate of drug-likeness (QED) is 0.437. The van der Waals surface area contributed by atoms with E-state index in [9.17, 15) is 9.59 Å². The first-order valence-electron chi connectivity index (χ1n) is 9.95. The minimum absolute atomic E-state index is 0.0652. The van der Waals surface area contributed by atoms with Gasteiger partial charge in [0, 0.05) is 18.2 Å². The third-order valence-corrected chi connectivity index (χ3v) is 5.59. The summed E-state index contributed by atoms with van der Waals surface area (Å²) in [7, 11) is 0. The van der Waals surface area contributed by atoms with Gasteiger partial charge < -0.3 is 14.2 Å². The monoisotopic (exact) mass is 458 g/mol. The summed E-state index contributed by atoms with van der Waals surface area (Å²) in [5.74, 6) is 0.220. The van der Waals surface area contributed by atoms with Gasteiger partial charge in [0.1, 0.15) is 12.3 Å². The standard InChI is InChI=1S/C24H24Cl2N2O3/c1-17(2)28(24(30)19-10-11-21(25)22(26)13-19)16-23(29)27(15-20-9-6-12-31-20)14-18-7-4-3-5-8-18/h3-13,17H,14-16H2,1-2H3. The van der Waals surface area contributed by atoms with Gasteiger partial charge in [-0.25, -0.2) is 0 Å². The molecular weight excluding hydrogens is 435 g/mol. The van der Waals surface area contributed by atoms with Crippen molar-refractivity contribution in [2.24, 2.45) is 0 Å². The zero-order chi connectivity index (χ0) is 22.4. The van der Waals surface area contributed by atoms with Crippen molar-refractivity contribution in [1.82, 2.24) is 9.80 Å². The maximum Gasteiger partial charge on any atom is 0.254 e. The molecule has 0 aliphatic carbocycles. The van der Waals surface area contributed by atoms with E-state index in [2.05, 4.69) is 0 Å². The van der Waals surface area contributed by atoms with E-state index in [4.69, 9.17) is 27.6 Å². The molecule has 0 fully saturated rings. The molecule has 2 aromatic carbocycles. The van der Waals surface area contributed by atoms with E-state index in [-0.39, 0.29) is 24.4 Å². The summed E-state index contributed by atoms with van der Waals surface area (Å²) in [5.41, 5.74) is 1.38. The predicted octanol–water partition coefficient (Wildman–Crippen LogP) is 5.67. The van der Waals surface area contributed by atoms with Crippen LogP contribution in [0.4, 0.5) is 0 Å². The minimum Gasteiger partial charge on any atom is -0.467 e. The zero-order valence-electron chi connectivity index (χ0n) is 17.4. The van der Waals surface area contributed by atoms with Crippen molar-refractivity contribution >= 4 is 35.0 Å². The number of hydrogen-bond acceptors (Lipinski definition) is 3. The molecule has 0 aliphatic rings. The van der Waals surface area contributed by atoms with Crippen LogP contribution in [0.5, 0.6) is 0 Å². The van der Waals surface area contributed by atoms with Crippen LogP contribution in [-0.4, -0.2) is 34.2 Å². The van der Waals surface area contributed by atoms with Gasteiger partial charge >= 0.3 is 0 Å². The van der Waals surface area contributed by atoms with Gasteiger partial charge in [-0.1, -0.05) is 53.5 Å². The van der Waals surface area contributed by atoms with Crippen LogP contribution in [0.1, 0.15) is 35.5 Å². The summed E-state index contributed by atoms with van der Waals surface area (Å²) in [6, 6.07) is 17.9. The first-order chi connectivity index (χ1) is 14.8. The first kappa shape index (κ1) is 22.9. The van der Waals surface area contributed by atoms with Crippen molar-refractivity contribution in [3.05, 3.63) is 93.9 Å². The summed E-state index contributed by atoms with van der Waals surface area (Å²) in [6.07, 6.45) is 1.58. The summed E-state index contributed by atoms with van der Waals surface area (Å²) in [6.45, 7) is 4.40. The Morgan fingerprint density at radius 3 is 2.29 bits per heavy atom. The number of carbonyl (C=O) groups is 2. The smallest absolute Gasteiger partial charge is 0.254 e. The van der Waals surface area contributed by atoms with Gasteiger partial charge in [-0.15, -0.1) is 0 Å². The molecule has 3 rings (SSSR count). The van der Waals surface area contributed by atoms with E-state index in [1.54, 1.807) is 29.4 Å². The summed E-state index contributed by atoms with van der Waals surface area (Å²) in [4.78, 5) is 29.6. The molecule has 3 aromatic rings. The van der Waals surface area contributed by atoms with Crippen molar-refractivity contribution in [1.29, 1.82) is 0 Å². The molecule has 0 radical (unpaired) electrons. The van der Waals surface area contributed by atoms with Gasteiger partial charge in [0.05, 0.1) is 22.9 Å². The second kappa shape index (κ2) is 10.5. The number of halogens is 2. The molecule has 31 heavy (non-hydrogen) atoms. The number of rotatable bonds is 8. The molecule has 0 saturated carbocycles. The predicted molar refractivity (Wildman–Crippen MR) is 122 cm³/mol. The highest BCUT2D eigenvalue weighted by Gasteiger charge is 2.25. The molecule has 2 amide bonds. The molecule has 7 heteroatoms. The highest BCUT2D eigenvalue weighted by molar-refractivity contribution is 6.42. The van der Waals surface area contributed by atoms with E-state index in [0.29, 0.717) is 34.5 Å². The van der Waals surface area contributed by atoms with Crippen LogP contribution in [0.3, 0.4) is 0 Å². The number of furan rings is 1.